The van der Waals surface area contributed by atoms with E-state index in [1.807, 2.05) is 13.0 Å². The average Bonchev–Trinajstić information content (AvgIpc) is 2.41. The number of hydrogen-bond donors (Lipinski definition) is 2. The summed E-state index contributed by atoms with van der Waals surface area (Å²) >= 11 is 3.30. The lowest BCUT2D eigenvalue weighted by molar-refractivity contribution is 0.458. The van der Waals surface area contributed by atoms with Crippen LogP contribution in [0, 0.1) is 6.92 Å². The number of halogens is 1. The third-order valence-corrected chi connectivity index (χ3v) is 4.82. The molecule has 1 aromatic rings. The van der Waals surface area contributed by atoms with Gasteiger partial charge in [-0.2, -0.15) is 12.7 Å². The monoisotopic (exact) mass is 378 g/mol. The van der Waals surface area contributed by atoms with Gasteiger partial charge in [-0.3, -0.25) is 4.72 Å². The molecule has 0 saturated heterocycles. The van der Waals surface area contributed by atoms with E-state index in [9.17, 15) is 8.42 Å². The van der Waals surface area contributed by atoms with Crippen molar-refractivity contribution in [1.29, 1.82) is 0 Å². The largest absolute Gasteiger partial charge is 0.317 e. The fourth-order valence-electron chi connectivity index (χ4n) is 1.70. The van der Waals surface area contributed by atoms with Crippen LogP contribution in [0.25, 0.3) is 0 Å². The van der Waals surface area contributed by atoms with Gasteiger partial charge in [0.2, 0.25) is 0 Å². The van der Waals surface area contributed by atoms with Gasteiger partial charge in [0.15, 0.2) is 0 Å². The highest BCUT2D eigenvalue weighted by atomic mass is 79.9. The standard InChI is InChI=1S/C13H23BrN4O2S/c1-4-6-15-7-5-8-18(3)21(19,20)17-13-11(2)9-12(14)10-16-13/h9-10,15H,4-8H2,1-3H3,(H,16,17). The first-order valence-electron chi connectivity index (χ1n) is 6.93. The maximum Gasteiger partial charge on any atom is 0.302 e. The van der Waals surface area contributed by atoms with Gasteiger partial charge >= 0.3 is 10.2 Å². The summed E-state index contributed by atoms with van der Waals surface area (Å²) in [7, 11) is -2.00. The quantitative estimate of drug-likeness (QED) is 0.645. The molecule has 0 aromatic carbocycles. The van der Waals surface area contributed by atoms with Crippen LogP contribution in [0.1, 0.15) is 25.3 Å². The molecule has 1 heterocycles. The molecule has 2 N–H and O–H groups in total. The van der Waals surface area contributed by atoms with Gasteiger partial charge in [-0.15, -0.1) is 0 Å². The lowest BCUT2D eigenvalue weighted by Gasteiger charge is -2.18. The molecule has 0 unspecified atom stereocenters. The molecule has 0 aliphatic carbocycles. The van der Waals surface area contributed by atoms with Gasteiger partial charge in [-0.25, -0.2) is 4.98 Å². The molecular weight excluding hydrogens is 356 g/mol. The average molecular weight is 379 g/mol. The van der Waals surface area contributed by atoms with Gasteiger partial charge in [0.05, 0.1) is 0 Å². The van der Waals surface area contributed by atoms with E-state index in [0.29, 0.717) is 12.4 Å². The first-order valence-corrected chi connectivity index (χ1v) is 9.17. The molecule has 8 heteroatoms. The third kappa shape index (κ3) is 6.29. The predicted molar refractivity (Wildman–Crippen MR) is 89.6 cm³/mol. The molecule has 21 heavy (non-hydrogen) atoms. The number of anilines is 1. The molecule has 0 fully saturated rings. The van der Waals surface area contributed by atoms with Gasteiger partial charge in [0.1, 0.15) is 5.82 Å². The van der Waals surface area contributed by atoms with Gasteiger partial charge in [0, 0.05) is 24.3 Å². The number of hydrogen-bond acceptors (Lipinski definition) is 4. The van der Waals surface area contributed by atoms with Crippen LogP contribution >= 0.6 is 15.9 Å². The minimum atomic E-state index is -3.56. The number of aromatic nitrogens is 1. The van der Waals surface area contributed by atoms with Crippen LogP contribution in [0.3, 0.4) is 0 Å². The Morgan fingerprint density at radius 2 is 2.10 bits per heavy atom. The van der Waals surface area contributed by atoms with Crippen LogP contribution in [0.5, 0.6) is 0 Å². The number of rotatable bonds is 9. The van der Waals surface area contributed by atoms with Gasteiger partial charge < -0.3 is 5.32 Å². The Kier molecular flexibility index (Phi) is 7.58. The summed E-state index contributed by atoms with van der Waals surface area (Å²) in [6, 6.07) is 1.82. The molecule has 1 aromatic heterocycles. The summed E-state index contributed by atoms with van der Waals surface area (Å²) in [6.45, 7) is 6.13. The summed E-state index contributed by atoms with van der Waals surface area (Å²) in [6.07, 6.45) is 3.41. The van der Waals surface area contributed by atoms with Crippen molar-refractivity contribution in [3.63, 3.8) is 0 Å². The smallest absolute Gasteiger partial charge is 0.302 e. The van der Waals surface area contributed by atoms with Crippen LogP contribution in [0.15, 0.2) is 16.7 Å². The molecular formula is C13H23BrN4O2S. The van der Waals surface area contributed by atoms with E-state index in [4.69, 9.17) is 0 Å². The van der Waals surface area contributed by atoms with Gasteiger partial charge in [-0.1, -0.05) is 6.92 Å². The van der Waals surface area contributed by atoms with E-state index >= 15 is 0 Å². The zero-order chi connectivity index (χ0) is 15.9. The van der Waals surface area contributed by atoms with Crippen molar-refractivity contribution in [2.45, 2.75) is 26.7 Å². The lowest BCUT2D eigenvalue weighted by Crippen LogP contribution is -2.35. The van der Waals surface area contributed by atoms with E-state index in [1.54, 1.807) is 13.2 Å². The predicted octanol–water partition coefficient (Wildman–Crippen LogP) is 2.13. The molecule has 0 amide bonds. The number of pyridine rings is 1. The normalized spacial score (nSPS) is 11.9. The minimum Gasteiger partial charge on any atom is -0.317 e. The maximum absolute atomic E-state index is 12.2. The molecule has 0 aliphatic rings. The molecule has 1 rings (SSSR count). The van der Waals surface area contributed by atoms with Crippen molar-refractivity contribution < 1.29 is 8.42 Å². The Morgan fingerprint density at radius 3 is 2.71 bits per heavy atom. The van der Waals surface area contributed by atoms with E-state index in [0.717, 1.165) is 36.0 Å². The second kappa shape index (κ2) is 8.67. The Hall–Kier alpha value is -0.700. The Balaban J connectivity index is 2.55. The van der Waals surface area contributed by atoms with E-state index < -0.39 is 10.2 Å². The Morgan fingerprint density at radius 1 is 1.38 bits per heavy atom. The van der Waals surface area contributed by atoms with Crippen molar-refractivity contribution in [2.75, 3.05) is 31.4 Å². The zero-order valence-corrected chi connectivity index (χ0v) is 15.1. The Bertz CT molecular complexity index is 551. The highest BCUT2D eigenvalue weighted by Gasteiger charge is 2.18. The fraction of sp³-hybridized carbons (Fsp3) is 0.615. The van der Waals surface area contributed by atoms with Crippen LogP contribution in [-0.2, 0) is 10.2 Å². The first kappa shape index (κ1) is 18.3. The highest BCUT2D eigenvalue weighted by Crippen LogP contribution is 2.18. The van der Waals surface area contributed by atoms with Crippen LogP contribution in [0.4, 0.5) is 5.82 Å². The van der Waals surface area contributed by atoms with E-state index in [1.165, 1.54) is 4.31 Å². The van der Waals surface area contributed by atoms with Gasteiger partial charge in [0.25, 0.3) is 0 Å². The minimum absolute atomic E-state index is 0.356. The molecule has 0 aliphatic heterocycles. The first-order chi connectivity index (χ1) is 9.86. The molecule has 6 nitrogen and oxygen atoms in total. The highest BCUT2D eigenvalue weighted by molar-refractivity contribution is 9.10. The van der Waals surface area contributed by atoms with Gasteiger partial charge in [-0.05, 0) is 60.4 Å². The molecule has 0 saturated carbocycles. The second-order valence-corrected chi connectivity index (χ2v) is 7.54. The zero-order valence-electron chi connectivity index (χ0n) is 12.7. The second-order valence-electron chi connectivity index (χ2n) is 4.85. The summed E-state index contributed by atoms with van der Waals surface area (Å²) in [5.74, 6) is 0.356. The van der Waals surface area contributed by atoms with Crippen molar-refractivity contribution in [2.24, 2.45) is 0 Å². The molecule has 0 bridgehead atoms. The summed E-state index contributed by atoms with van der Waals surface area (Å²) < 4.78 is 29.0. The SMILES string of the molecule is CCCNCCCN(C)S(=O)(=O)Nc1ncc(Br)cc1C. The number of nitrogens with zero attached hydrogens (tertiary/aromatic N) is 2. The maximum atomic E-state index is 12.2. The number of aryl methyl sites for hydroxylation is 1. The summed E-state index contributed by atoms with van der Waals surface area (Å²) in [5, 5.41) is 3.25. The molecule has 0 spiro atoms. The topological polar surface area (TPSA) is 74.3 Å². The summed E-state index contributed by atoms with van der Waals surface area (Å²) in [4.78, 5) is 4.09. The van der Waals surface area contributed by atoms with E-state index in [-0.39, 0.29) is 0 Å². The van der Waals surface area contributed by atoms with Crippen LogP contribution in [-0.4, -0.2) is 44.4 Å². The Labute approximate surface area is 135 Å². The molecule has 120 valence electrons. The van der Waals surface area contributed by atoms with Crippen LogP contribution < -0.4 is 10.0 Å². The van der Waals surface area contributed by atoms with Crippen molar-refractivity contribution in [3.05, 3.63) is 22.3 Å². The lowest BCUT2D eigenvalue weighted by atomic mass is 10.3. The van der Waals surface area contributed by atoms with Crippen molar-refractivity contribution >= 4 is 32.0 Å². The van der Waals surface area contributed by atoms with Crippen molar-refractivity contribution in [1.82, 2.24) is 14.6 Å². The summed E-state index contributed by atoms with van der Waals surface area (Å²) in [5.41, 5.74) is 0.769. The fourth-order valence-corrected chi connectivity index (χ4v) is 3.13. The van der Waals surface area contributed by atoms with Crippen molar-refractivity contribution in [3.8, 4) is 0 Å². The van der Waals surface area contributed by atoms with Crippen LogP contribution in [0.2, 0.25) is 0 Å². The number of nitrogens with one attached hydrogen (secondary N) is 2. The third-order valence-electron chi connectivity index (χ3n) is 2.93. The molecule has 0 radical (unpaired) electrons. The van der Waals surface area contributed by atoms with E-state index in [2.05, 4.69) is 37.9 Å². The molecule has 0 atom stereocenters.